The first-order valence-corrected chi connectivity index (χ1v) is 12.1. The highest BCUT2D eigenvalue weighted by atomic mass is 19.1. The summed E-state index contributed by atoms with van der Waals surface area (Å²) in [6.45, 7) is 2.57. The van der Waals surface area contributed by atoms with Gasteiger partial charge < -0.3 is 10.6 Å². The van der Waals surface area contributed by atoms with Crippen molar-refractivity contribution < 1.29 is 13.6 Å². The standard InChI is InChI=1S/C29H25F2N5O/c1-18-13-27(36(35-18)23-10-12-24(30)22(14-23)16-32)29(37)34-26-15-21(9-11-25(26)31)28(33-17-19-7-8-19)20-5-3-2-4-6-20/h2-6,9-15,19,28,33H,7-8,17H2,1H3,(H,34,37). The molecule has 1 amide bonds. The molecule has 0 aliphatic heterocycles. The van der Waals surface area contributed by atoms with E-state index in [1.54, 1.807) is 31.2 Å². The Bertz CT molecular complexity index is 1490. The van der Waals surface area contributed by atoms with E-state index >= 15 is 0 Å². The smallest absolute Gasteiger partial charge is 0.274 e. The average molecular weight is 498 g/mol. The molecule has 8 heteroatoms. The summed E-state index contributed by atoms with van der Waals surface area (Å²) in [5, 5.41) is 19.8. The highest BCUT2D eigenvalue weighted by molar-refractivity contribution is 6.03. The number of amides is 1. The lowest BCUT2D eigenvalue weighted by atomic mass is 9.97. The second-order valence-electron chi connectivity index (χ2n) is 9.25. The Morgan fingerprint density at radius 1 is 1.05 bits per heavy atom. The van der Waals surface area contributed by atoms with Crippen LogP contribution < -0.4 is 10.6 Å². The minimum Gasteiger partial charge on any atom is -0.318 e. The molecule has 0 radical (unpaired) electrons. The van der Waals surface area contributed by atoms with Gasteiger partial charge in [-0.1, -0.05) is 36.4 Å². The summed E-state index contributed by atoms with van der Waals surface area (Å²) in [7, 11) is 0. The van der Waals surface area contributed by atoms with Crippen molar-refractivity contribution >= 4 is 11.6 Å². The molecule has 3 aromatic carbocycles. The average Bonchev–Trinajstić information content (AvgIpc) is 3.65. The number of nitrogens with one attached hydrogen (secondary N) is 2. The molecule has 37 heavy (non-hydrogen) atoms. The molecule has 1 fully saturated rings. The molecule has 5 rings (SSSR count). The van der Waals surface area contributed by atoms with Crippen LogP contribution in [0.4, 0.5) is 14.5 Å². The zero-order chi connectivity index (χ0) is 25.9. The van der Waals surface area contributed by atoms with Crippen molar-refractivity contribution in [2.45, 2.75) is 25.8 Å². The van der Waals surface area contributed by atoms with Crippen molar-refractivity contribution in [1.29, 1.82) is 5.26 Å². The van der Waals surface area contributed by atoms with Gasteiger partial charge in [-0.25, -0.2) is 13.5 Å². The van der Waals surface area contributed by atoms with Crippen molar-refractivity contribution in [1.82, 2.24) is 15.1 Å². The van der Waals surface area contributed by atoms with E-state index in [0.29, 0.717) is 17.3 Å². The molecule has 1 saturated carbocycles. The number of rotatable bonds is 8. The van der Waals surface area contributed by atoms with E-state index < -0.39 is 17.5 Å². The van der Waals surface area contributed by atoms with Gasteiger partial charge in [0, 0.05) is 0 Å². The zero-order valence-corrected chi connectivity index (χ0v) is 20.2. The fourth-order valence-electron chi connectivity index (χ4n) is 4.27. The maximum absolute atomic E-state index is 14.9. The second kappa shape index (κ2) is 10.3. The lowest BCUT2D eigenvalue weighted by Gasteiger charge is -2.21. The number of nitriles is 1. The van der Waals surface area contributed by atoms with Crippen molar-refractivity contribution in [2.24, 2.45) is 5.92 Å². The number of hydrogen-bond donors (Lipinski definition) is 2. The van der Waals surface area contributed by atoms with E-state index in [9.17, 15) is 18.8 Å². The first-order valence-electron chi connectivity index (χ1n) is 12.1. The highest BCUT2D eigenvalue weighted by Crippen LogP contribution is 2.31. The molecule has 1 aliphatic rings. The number of anilines is 1. The van der Waals surface area contributed by atoms with Gasteiger partial charge in [0.25, 0.3) is 5.91 Å². The van der Waals surface area contributed by atoms with E-state index in [1.165, 1.54) is 35.7 Å². The number of carbonyl (C=O) groups excluding carboxylic acids is 1. The summed E-state index contributed by atoms with van der Waals surface area (Å²) in [4.78, 5) is 13.3. The Labute approximate surface area is 213 Å². The monoisotopic (exact) mass is 497 g/mol. The van der Waals surface area contributed by atoms with Gasteiger partial charge in [-0.2, -0.15) is 10.4 Å². The molecule has 2 N–H and O–H groups in total. The fourth-order valence-corrected chi connectivity index (χ4v) is 4.27. The molecule has 1 heterocycles. The maximum Gasteiger partial charge on any atom is 0.274 e. The van der Waals surface area contributed by atoms with Crippen LogP contribution >= 0.6 is 0 Å². The molecule has 186 valence electrons. The fraction of sp³-hybridized carbons (Fsp3) is 0.207. The molecular weight excluding hydrogens is 472 g/mol. The lowest BCUT2D eigenvalue weighted by Crippen LogP contribution is -2.25. The van der Waals surface area contributed by atoms with Crippen LogP contribution in [0.3, 0.4) is 0 Å². The van der Waals surface area contributed by atoms with Crippen molar-refractivity contribution in [3.05, 3.63) is 113 Å². The van der Waals surface area contributed by atoms with Gasteiger partial charge in [0.1, 0.15) is 23.4 Å². The number of nitrogens with zero attached hydrogens (tertiary/aromatic N) is 3. The number of aryl methyl sites for hydroxylation is 1. The number of halogens is 2. The van der Waals surface area contributed by atoms with Gasteiger partial charge in [0.15, 0.2) is 0 Å². The summed E-state index contributed by atoms with van der Waals surface area (Å²) in [6, 6.07) is 21.7. The van der Waals surface area contributed by atoms with Crippen LogP contribution in [0.25, 0.3) is 5.69 Å². The van der Waals surface area contributed by atoms with Crippen LogP contribution in [0.1, 0.15) is 51.8 Å². The van der Waals surface area contributed by atoms with Crippen molar-refractivity contribution in [3.8, 4) is 11.8 Å². The van der Waals surface area contributed by atoms with E-state index in [2.05, 4.69) is 15.7 Å². The summed E-state index contributed by atoms with van der Waals surface area (Å²) < 4.78 is 30.0. The van der Waals surface area contributed by atoms with Crippen LogP contribution in [0.15, 0.2) is 72.8 Å². The van der Waals surface area contributed by atoms with Crippen LogP contribution in [0.5, 0.6) is 0 Å². The molecule has 0 saturated heterocycles. The third-order valence-electron chi connectivity index (χ3n) is 6.39. The number of benzene rings is 3. The van der Waals surface area contributed by atoms with Crippen LogP contribution in [0.2, 0.25) is 0 Å². The SMILES string of the molecule is Cc1cc(C(=O)Nc2cc(C(NCC3CC3)c3ccccc3)ccc2F)n(-c2ccc(F)c(C#N)c2)n1. The summed E-state index contributed by atoms with van der Waals surface area (Å²) in [5.41, 5.74) is 2.76. The minimum absolute atomic E-state index is 0.0406. The van der Waals surface area contributed by atoms with Crippen LogP contribution in [-0.2, 0) is 0 Å². The predicted molar refractivity (Wildman–Crippen MR) is 136 cm³/mol. The van der Waals surface area contributed by atoms with E-state index in [-0.39, 0.29) is 23.0 Å². The van der Waals surface area contributed by atoms with Gasteiger partial charge in [0.2, 0.25) is 0 Å². The quantitative estimate of drug-likeness (QED) is 0.329. The van der Waals surface area contributed by atoms with Crippen molar-refractivity contribution in [2.75, 3.05) is 11.9 Å². The Kier molecular flexibility index (Phi) is 6.80. The van der Waals surface area contributed by atoms with Crippen molar-refractivity contribution in [3.63, 3.8) is 0 Å². The number of hydrogen-bond acceptors (Lipinski definition) is 4. The maximum atomic E-state index is 14.9. The molecule has 1 aromatic heterocycles. The topological polar surface area (TPSA) is 82.7 Å². The molecule has 0 bridgehead atoms. The largest absolute Gasteiger partial charge is 0.318 e. The molecule has 0 spiro atoms. The van der Waals surface area contributed by atoms with Gasteiger partial charge >= 0.3 is 0 Å². The van der Waals surface area contributed by atoms with Gasteiger partial charge in [-0.3, -0.25) is 4.79 Å². The minimum atomic E-state index is -0.664. The molecule has 1 atom stereocenters. The summed E-state index contributed by atoms with van der Waals surface area (Å²) >= 11 is 0. The highest BCUT2D eigenvalue weighted by Gasteiger charge is 2.24. The van der Waals surface area contributed by atoms with Gasteiger partial charge in [-0.15, -0.1) is 0 Å². The molecule has 1 unspecified atom stereocenters. The Morgan fingerprint density at radius 2 is 1.81 bits per heavy atom. The Balaban J connectivity index is 1.45. The predicted octanol–water partition coefficient (Wildman–Crippen LogP) is 5.67. The second-order valence-corrected chi connectivity index (χ2v) is 9.25. The zero-order valence-electron chi connectivity index (χ0n) is 20.2. The van der Waals surface area contributed by atoms with Gasteiger partial charge in [0.05, 0.1) is 28.7 Å². The molecule has 1 aliphatic carbocycles. The Hall–Kier alpha value is -4.35. The molecular formula is C29H25F2N5O. The summed E-state index contributed by atoms with van der Waals surface area (Å²) in [6.07, 6.45) is 2.41. The third-order valence-corrected chi connectivity index (χ3v) is 6.39. The van der Waals surface area contributed by atoms with Gasteiger partial charge in [-0.05, 0) is 79.8 Å². The van der Waals surface area contributed by atoms with E-state index in [1.807, 2.05) is 30.3 Å². The Morgan fingerprint density at radius 3 is 2.54 bits per heavy atom. The first-order chi connectivity index (χ1) is 17.9. The lowest BCUT2D eigenvalue weighted by molar-refractivity contribution is 0.101. The van der Waals surface area contributed by atoms with Crippen LogP contribution in [0, 0.1) is 35.8 Å². The molecule has 6 nitrogen and oxygen atoms in total. The normalized spacial score (nSPS) is 13.7. The summed E-state index contributed by atoms with van der Waals surface area (Å²) in [5.74, 6) is -1.16. The van der Waals surface area contributed by atoms with E-state index in [0.717, 1.165) is 23.7 Å². The third kappa shape index (κ3) is 5.42. The first kappa shape index (κ1) is 24.3. The number of carbonyl (C=O) groups is 1. The van der Waals surface area contributed by atoms with Crippen LogP contribution in [-0.4, -0.2) is 22.2 Å². The molecule has 4 aromatic rings. The number of aromatic nitrogens is 2. The van der Waals surface area contributed by atoms with E-state index in [4.69, 9.17) is 0 Å².